The Bertz CT molecular complexity index is 557. The van der Waals surface area contributed by atoms with Gasteiger partial charge in [-0.1, -0.05) is 0 Å². The second kappa shape index (κ2) is 5.56. The number of carboxylic acids is 1. The van der Waals surface area contributed by atoms with Gasteiger partial charge in [0.15, 0.2) is 0 Å². The second-order valence-corrected chi connectivity index (χ2v) is 5.87. The SMILES string of the molecule is COc1cc2c(c(CN3CCC[C@@H]3C(=O)O)c1)OC(C)C2. The van der Waals surface area contributed by atoms with Crippen LogP contribution in [0, 0.1) is 0 Å². The van der Waals surface area contributed by atoms with Crippen LogP contribution >= 0.6 is 0 Å². The summed E-state index contributed by atoms with van der Waals surface area (Å²) in [5, 5.41) is 9.30. The molecule has 0 aromatic heterocycles. The van der Waals surface area contributed by atoms with Crippen molar-refractivity contribution in [1.29, 1.82) is 0 Å². The highest BCUT2D eigenvalue weighted by molar-refractivity contribution is 5.73. The normalized spacial score (nSPS) is 24.7. The molecule has 1 saturated heterocycles. The van der Waals surface area contributed by atoms with Crippen LogP contribution in [0.1, 0.15) is 30.9 Å². The molecule has 1 aromatic rings. The van der Waals surface area contributed by atoms with Crippen LogP contribution in [0.4, 0.5) is 0 Å². The Balaban J connectivity index is 1.88. The van der Waals surface area contributed by atoms with Crippen molar-refractivity contribution in [2.75, 3.05) is 13.7 Å². The number of methoxy groups -OCH3 is 1. The van der Waals surface area contributed by atoms with Gasteiger partial charge in [0.1, 0.15) is 23.6 Å². The summed E-state index contributed by atoms with van der Waals surface area (Å²) >= 11 is 0. The number of likely N-dealkylation sites (tertiary alicyclic amines) is 1. The topological polar surface area (TPSA) is 59.0 Å². The Labute approximate surface area is 124 Å². The minimum absolute atomic E-state index is 0.166. The van der Waals surface area contributed by atoms with Gasteiger partial charge >= 0.3 is 5.97 Å². The van der Waals surface area contributed by atoms with Crippen LogP contribution in [0.3, 0.4) is 0 Å². The average Bonchev–Trinajstić information content (AvgIpc) is 3.04. The quantitative estimate of drug-likeness (QED) is 0.920. The van der Waals surface area contributed by atoms with Gasteiger partial charge in [-0.2, -0.15) is 0 Å². The first kappa shape index (κ1) is 14.2. The number of benzene rings is 1. The maximum atomic E-state index is 11.3. The Hall–Kier alpha value is -1.75. The first-order valence-corrected chi connectivity index (χ1v) is 7.41. The van der Waals surface area contributed by atoms with Crippen molar-refractivity contribution < 1.29 is 19.4 Å². The third kappa shape index (κ3) is 2.70. The summed E-state index contributed by atoms with van der Waals surface area (Å²) in [6, 6.07) is 3.60. The number of carboxylic acid groups (broad SMARTS) is 1. The fourth-order valence-electron chi connectivity index (χ4n) is 3.33. The number of rotatable bonds is 4. The molecule has 5 nitrogen and oxygen atoms in total. The summed E-state index contributed by atoms with van der Waals surface area (Å²) in [5.74, 6) is 0.994. The van der Waals surface area contributed by atoms with E-state index in [1.165, 1.54) is 0 Å². The molecular formula is C16H21NO4. The van der Waals surface area contributed by atoms with Crippen molar-refractivity contribution in [3.63, 3.8) is 0 Å². The predicted octanol–water partition coefficient (Wildman–Crippen LogP) is 2.07. The highest BCUT2D eigenvalue weighted by Crippen LogP contribution is 2.37. The van der Waals surface area contributed by atoms with Crippen molar-refractivity contribution in [2.24, 2.45) is 0 Å². The van der Waals surface area contributed by atoms with Gasteiger partial charge in [-0.15, -0.1) is 0 Å². The van der Waals surface area contributed by atoms with Gasteiger partial charge in [-0.25, -0.2) is 0 Å². The Kier molecular flexibility index (Phi) is 3.76. The number of hydrogen-bond acceptors (Lipinski definition) is 4. The van der Waals surface area contributed by atoms with Crippen LogP contribution in [0.2, 0.25) is 0 Å². The van der Waals surface area contributed by atoms with E-state index in [1.807, 2.05) is 24.0 Å². The molecule has 1 aromatic carbocycles. The van der Waals surface area contributed by atoms with Gasteiger partial charge in [0.25, 0.3) is 0 Å². The lowest BCUT2D eigenvalue weighted by atomic mass is 10.1. The van der Waals surface area contributed by atoms with E-state index < -0.39 is 5.97 Å². The third-order valence-electron chi connectivity index (χ3n) is 4.30. The monoisotopic (exact) mass is 291 g/mol. The molecule has 1 unspecified atom stereocenters. The highest BCUT2D eigenvalue weighted by Gasteiger charge is 2.32. The van der Waals surface area contributed by atoms with E-state index in [0.717, 1.165) is 48.4 Å². The third-order valence-corrected chi connectivity index (χ3v) is 4.30. The van der Waals surface area contributed by atoms with E-state index in [9.17, 15) is 9.90 Å². The predicted molar refractivity (Wildman–Crippen MR) is 77.9 cm³/mol. The molecule has 5 heteroatoms. The summed E-state index contributed by atoms with van der Waals surface area (Å²) < 4.78 is 11.3. The molecule has 0 saturated carbocycles. The Morgan fingerprint density at radius 1 is 1.52 bits per heavy atom. The zero-order chi connectivity index (χ0) is 15.0. The fraction of sp³-hybridized carbons (Fsp3) is 0.562. The minimum atomic E-state index is -0.735. The van der Waals surface area contributed by atoms with E-state index in [0.29, 0.717) is 6.54 Å². The molecule has 114 valence electrons. The molecule has 1 N–H and O–H groups in total. The van der Waals surface area contributed by atoms with Crippen LogP contribution < -0.4 is 9.47 Å². The molecular weight excluding hydrogens is 270 g/mol. The Morgan fingerprint density at radius 2 is 2.33 bits per heavy atom. The van der Waals surface area contributed by atoms with Gasteiger partial charge in [-0.05, 0) is 38.4 Å². The van der Waals surface area contributed by atoms with Crippen LogP contribution in [0.15, 0.2) is 12.1 Å². The molecule has 3 rings (SSSR count). The van der Waals surface area contributed by atoms with Crippen molar-refractivity contribution in [3.8, 4) is 11.5 Å². The average molecular weight is 291 g/mol. The molecule has 1 fully saturated rings. The maximum absolute atomic E-state index is 11.3. The summed E-state index contributed by atoms with van der Waals surface area (Å²) in [4.78, 5) is 13.3. The van der Waals surface area contributed by atoms with Crippen LogP contribution in [0.5, 0.6) is 11.5 Å². The molecule has 0 spiro atoms. The minimum Gasteiger partial charge on any atom is -0.497 e. The van der Waals surface area contributed by atoms with Crippen molar-refractivity contribution in [1.82, 2.24) is 4.90 Å². The van der Waals surface area contributed by atoms with Crippen LogP contribution in [-0.2, 0) is 17.8 Å². The molecule has 2 aliphatic heterocycles. The van der Waals surface area contributed by atoms with Gasteiger partial charge in [0.2, 0.25) is 0 Å². The molecule has 2 atom stereocenters. The number of nitrogens with zero attached hydrogens (tertiary/aromatic N) is 1. The number of fused-ring (bicyclic) bond motifs is 1. The summed E-state index contributed by atoms with van der Waals surface area (Å²) in [6.45, 7) is 3.47. The number of ether oxygens (including phenoxy) is 2. The molecule has 0 bridgehead atoms. The van der Waals surface area contributed by atoms with Gasteiger partial charge in [0.05, 0.1) is 7.11 Å². The van der Waals surface area contributed by atoms with E-state index in [-0.39, 0.29) is 12.1 Å². The highest BCUT2D eigenvalue weighted by atomic mass is 16.5. The van der Waals surface area contributed by atoms with Gasteiger partial charge in [-0.3, -0.25) is 9.69 Å². The maximum Gasteiger partial charge on any atom is 0.320 e. The van der Waals surface area contributed by atoms with Crippen LogP contribution in [-0.4, -0.2) is 41.8 Å². The number of hydrogen-bond donors (Lipinski definition) is 1. The number of carbonyl (C=O) groups is 1. The van der Waals surface area contributed by atoms with Crippen molar-refractivity contribution in [2.45, 2.75) is 44.9 Å². The van der Waals surface area contributed by atoms with E-state index in [1.54, 1.807) is 7.11 Å². The van der Waals surface area contributed by atoms with Crippen LogP contribution in [0.25, 0.3) is 0 Å². The second-order valence-electron chi connectivity index (χ2n) is 5.87. The molecule has 21 heavy (non-hydrogen) atoms. The smallest absolute Gasteiger partial charge is 0.320 e. The summed E-state index contributed by atoms with van der Waals surface area (Å²) in [6.07, 6.45) is 2.70. The largest absolute Gasteiger partial charge is 0.497 e. The van der Waals surface area contributed by atoms with E-state index in [2.05, 4.69) is 0 Å². The first-order valence-electron chi connectivity index (χ1n) is 7.41. The van der Waals surface area contributed by atoms with E-state index >= 15 is 0 Å². The molecule has 2 heterocycles. The summed E-state index contributed by atoms with van der Waals surface area (Å²) in [5.41, 5.74) is 2.18. The Morgan fingerprint density at radius 3 is 3.05 bits per heavy atom. The molecule has 2 aliphatic rings. The molecule has 0 amide bonds. The fourth-order valence-corrected chi connectivity index (χ4v) is 3.33. The van der Waals surface area contributed by atoms with Crippen molar-refractivity contribution in [3.05, 3.63) is 23.3 Å². The first-order chi connectivity index (χ1) is 10.1. The van der Waals surface area contributed by atoms with Crippen molar-refractivity contribution >= 4 is 5.97 Å². The lowest BCUT2D eigenvalue weighted by Crippen LogP contribution is -2.35. The standard InChI is InChI=1S/C16H21NO4/c1-10-6-11-7-13(20-2)8-12(15(11)21-10)9-17-5-3-4-14(17)16(18)19/h7-8,10,14H,3-6,9H2,1-2H3,(H,18,19)/t10?,14-/m1/s1. The zero-order valence-corrected chi connectivity index (χ0v) is 12.5. The molecule has 0 aliphatic carbocycles. The summed E-state index contributed by atoms with van der Waals surface area (Å²) in [7, 11) is 1.65. The number of aliphatic carboxylic acids is 1. The zero-order valence-electron chi connectivity index (χ0n) is 12.5. The molecule has 0 radical (unpaired) electrons. The van der Waals surface area contributed by atoms with Gasteiger partial charge in [0, 0.05) is 24.1 Å². The van der Waals surface area contributed by atoms with Gasteiger partial charge < -0.3 is 14.6 Å². The lowest BCUT2D eigenvalue weighted by molar-refractivity contribution is -0.142. The lowest BCUT2D eigenvalue weighted by Gasteiger charge is -2.22. The van der Waals surface area contributed by atoms with E-state index in [4.69, 9.17) is 9.47 Å².